The third kappa shape index (κ3) is 3.07. The Morgan fingerprint density at radius 2 is 1.67 bits per heavy atom. The monoisotopic (exact) mass is 230 g/mol. The summed E-state index contributed by atoms with van der Waals surface area (Å²) in [5, 5.41) is 1.43. The normalized spacial score (nSPS) is 12.7. The van der Waals surface area contributed by atoms with Gasteiger partial charge in [0.25, 0.3) is 5.91 Å². The molecule has 15 heavy (non-hydrogen) atoms. The summed E-state index contributed by atoms with van der Waals surface area (Å²) >= 11 is 0. The minimum absolute atomic E-state index is 1.02. The molecule has 0 fully saturated rings. The summed E-state index contributed by atoms with van der Waals surface area (Å²) in [6.45, 7) is 2.05. The Labute approximate surface area is 82.8 Å². The Bertz CT molecular complexity index is 278. The third-order valence-electron chi connectivity index (χ3n) is 1.62. The van der Waals surface area contributed by atoms with E-state index < -0.39 is 29.7 Å². The lowest BCUT2D eigenvalue weighted by Gasteiger charge is -2.25. The van der Waals surface area contributed by atoms with Crippen LogP contribution < -0.4 is 11.1 Å². The van der Waals surface area contributed by atoms with Gasteiger partial charge >= 0.3 is 12.3 Å². The van der Waals surface area contributed by atoms with Gasteiger partial charge in [0.05, 0.1) is 0 Å². The van der Waals surface area contributed by atoms with E-state index in [1.165, 1.54) is 5.32 Å². The van der Waals surface area contributed by atoms with Crippen LogP contribution in [-0.2, 0) is 9.59 Å². The average molecular weight is 230 g/mol. The molecule has 0 rings (SSSR count). The molecular formula is C7H10F4N2O2. The van der Waals surface area contributed by atoms with Crippen molar-refractivity contribution in [2.45, 2.75) is 31.7 Å². The van der Waals surface area contributed by atoms with Crippen molar-refractivity contribution in [3.8, 4) is 0 Å². The second-order valence-corrected chi connectivity index (χ2v) is 3.37. The first-order valence-electron chi connectivity index (χ1n) is 3.80. The van der Waals surface area contributed by atoms with Gasteiger partial charge in [-0.2, -0.15) is 8.78 Å². The minimum Gasteiger partial charge on any atom is -0.368 e. The Hall–Kier alpha value is -1.34. The lowest BCUT2D eigenvalue weighted by Crippen LogP contribution is -2.58. The van der Waals surface area contributed by atoms with E-state index in [1.54, 1.807) is 0 Å². The largest absolute Gasteiger partial charge is 0.383 e. The summed E-state index contributed by atoms with van der Waals surface area (Å²) in [5.41, 5.74) is 2.94. The second-order valence-electron chi connectivity index (χ2n) is 3.37. The maximum atomic E-state index is 12.4. The lowest BCUT2D eigenvalue weighted by molar-refractivity contribution is -0.171. The molecule has 0 aliphatic heterocycles. The molecule has 0 aliphatic rings. The Morgan fingerprint density at radius 1 is 1.27 bits per heavy atom. The van der Waals surface area contributed by atoms with Gasteiger partial charge in [-0.05, 0) is 13.8 Å². The van der Waals surface area contributed by atoms with Crippen LogP contribution in [0.5, 0.6) is 0 Å². The fraction of sp³-hybridized carbons (Fsp3) is 0.714. The molecule has 4 nitrogen and oxygen atoms in total. The molecule has 0 bridgehead atoms. The van der Waals surface area contributed by atoms with Crippen molar-refractivity contribution in [1.82, 2.24) is 5.32 Å². The standard InChI is InChI=1S/C7H10F4N2O2/c1-6(2,4(12)14)13-5(15)7(10,11)3(8)9/h3H,1-2H3,(H2,12,14)(H,13,15). The van der Waals surface area contributed by atoms with Crippen LogP contribution in [0.2, 0.25) is 0 Å². The van der Waals surface area contributed by atoms with Crippen LogP contribution in [0, 0.1) is 0 Å². The molecule has 0 saturated carbocycles. The number of nitrogens with one attached hydrogen (secondary N) is 1. The molecule has 0 spiro atoms. The zero-order chi connectivity index (χ0) is 12.4. The number of halogens is 4. The van der Waals surface area contributed by atoms with E-state index >= 15 is 0 Å². The van der Waals surface area contributed by atoms with Gasteiger partial charge in [-0.25, -0.2) is 8.78 Å². The smallest absolute Gasteiger partial charge is 0.368 e. The van der Waals surface area contributed by atoms with Gasteiger partial charge in [0, 0.05) is 0 Å². The van der Waals surface area contributed by atoms with E-state index in [0.29, 0.717) is 0 Å². The number of nitrogens with two attached hydrogens (primary N) is 1. The maximum absolute atomic E-state index is 12.4. The van der Waals surface area contributed by atoms with Gasteiger partial charge in [-0.1, -0.05) is 0 Å². The zero-order valence-electron chi connectivity index (χ0n) is 7.98. The summed E-state index contributed by atoms with van der Waals surface area (Å²) in [5.74, 6) is -8.19. The van der Waals surface area contributed by atoms with Gasteiger partial charge < -0.3 is 11.1 Å². The van der Waals surface area contributed by atoms with Crippen molar-refractivity contribution in [2.75, 3.05) is 0 Å². The Morgan fingerprint density at radius 3 is 1.93 bits per heavy atom. The van der Waals surface area contributed by atoms with Crippen molar-refractivity contribution in [3.05, 3.63) is 0 Å². The first-order chi connectivity index (χ1) is 6.51. The average Bonchev–Trinajstić information content (AvgIpc) is 2.02. The van der Waals surface area contributed by atoms with E-state index in [2.05, 4.69) is 0 Å². The number of rotatable bonds is 4. The highest BCUT2D eigenvalue weighted by molar-refractivity contribution is 5.92. The van der Waals surface area contributed by atoms with Gasteiger partial charge in [0.2, 0.25) is 5.91 Å². The molecule has 0 aromatic heterocycles. The van der Waals surface area contributed by atoms with Crippen LogP contribution >= 0.6 is 0 Å². The SMILES string of the molecule is CC(C)(NC(=O)C(F)(F)C(F)F)C(N)=O. The van der Waals surface area contributed by atoms with E-state index in [9.17, 15) is 27.2 Å². The van der Waals surface area contributed by atoms with Crippen LogP contribution in [0.3, 0.4) is 0 Å². The van der Waals surface area contributed by atoms with E-state index in [-0.39, 0.29) is 0 Å². The quantitative estimate of drug-likeness (QED) is 0.680. The van der Waals surface area contributed by atoms with E-state index in [4.69, 9.17) is 5.73 Å². The van der Waals surface area contributed by atoms with Crippen LogP contribution in [0.1, 0.15) is 13.8 Å². The first-order valence-corrected chi connectivity index (χ1v) is 3.80. The highest BCUT2D eigenvalue weighted by Crippen LogP contribution is 2.23. The number of hydrogen-bond donors (Lipinski definition) is 2. The third-order valence-corrected chi connectivity index (χ3v) is 1.62. The second kappa shape index (κ2) is 4.03. The number of amides is 2. The number of carbonyl (C=O) groups is 2. The van der Waals surface area contributed by atoms with Crippen molar-refractivity contribution < 1.29 is 27.2 Å². The van der Waals surface area contributed by atoms with Crippen LogP contribution in [-0.4, -0.2) is 29.7 Å². The summed E-state index contributed by atoms with van der Waals surface area (Å²) in [4.78, 5) is 21.3. The molecule has 3 N–H and O–H groups in total. The molecular weight excluding hydrogens is 220 g/mol. The molecule has 8 heteroatoms. The van der Waals surface area contributed by atoms with Crippen molar-refractivity contribution >= 4 is 11.8 Å². The highest BCUT2D eigenvalue weighted by Gasteiger charge is 2.50. The summed E-state index contributed by atoms with van der Waals surface area (Å²) in [6.07, 6.45) is -4.14. The molecule has 0 aromatic carbocycles. The van der Waals surface area contributed by atoms with Crippen LogP contribution in [0.15, 0.2) is 0 Å². The number of primary amides is 1. The van der Waals surface area contributed by atoms with Gasteiger partial charge in [-0.15, -0.1) is 0 Å². The Kier molecular flexibility index (Phi) is 3.67. The molecule has 0 aromatic rings. The zero-order valence-corrected chi connectivity index (χ0v) is 7.98. The van der Waals surface area contributed by atoms with Gasteiger partial charge in [0.15, 0.2) is 0 Å². The molecule has 0 saturated heterocycles. The Balaban J connectivity index is 4.71. The summed E-state index contributed by atoms with van der Waals surface area (Å²) in [6, 6.07) is 0. The van der Waals surface area contributed by atoms with Crippen LogP contribution in [0.4, 0.5) is 17.6 Å². The summed E-state index contributed by atoms with van der Waals surface area (Å²) in [7, 11) is 0. The van der Waals surface area contributed by atoms with Gasteiger partial charge in [-0.3, -0.25) is 9.59 Å². The molecule has 0 radical (unpaired) electrons. The van der Waals surface area contributed by atoms with E-state index in [0.717, 1.165) is 13.8 Å². The molecule has 0 heterocycles. The van der Waals surface area contributed by atoms with Gasteiger partial charge in [0.1, 0.15) is 5.54 Å². The summed E-state index contributed by atoms with van der Waals surface area (Å²) < 4.78 is 48.3. The van der Waals surface area contributed by atoms with Crippen molar-refractivity contribution in [1.29, 1.82) is 0 Å². The fourth-order valence-electron chi connectivity index (χ4n) is 0.528. The molecule has 88 valence electrons. The number of alkyl halides is 4. The van der Waals surface area contributed by atoms with Crippen molar-refractivity contribution in [3.63, 3.8) is 0 Å². The predicted molar refractivity (Wildman–Crippen MR) is 42.4 cm³/mol. The molecule has 0 unspecified atom stereocenters. The van der Waals surface area contributed by atoms with Crippen molar-refractivity contribution in [2.24, 2.45) is 5.73 Å². The minimum atomic E-state index is -4.84. The lowest BCUT2D eigenvalue weighted by atomic mass is 10.0. The molecule has 2 amide bonds. The van der Waals surface area contributed by atoms with Crippen LogP contribution in [0.25, 0.3) is 0 Å². The molecule has 0 aliphatic carbocycles. The molecule has 0 atom stereocenters. The maximum Gasteiger partial charge on any atom is 0.383 e. The predicted octanol–water partition coefficient (Wildman–Crippen LogP) is 0.267. The fourth-order valence-corrected chi connectivity index (χ4v) is 0.528. The number of carbonyl (C=O) groups excluding carboxylic acids is 2. The highest BCUT2D eigenvalue weighted by atomic mass is 19.3. The first kappa shape index (κ1) is 13.7. The number of hydrogen-bond acceptors (Lipinski definition) is 2. The topological polar surface area (TPSA) is 72.2 Å². The van der Waals surface area contributed by atoms with E-state index in [1.807, 2.05) is 0 Å².